The topological polar surface area (TPSA) is 96.2 Å². The van der Waals surface area contributed by atoms with Crippen molar-refractivity contribution in [1.29, 1.82) is 0 Å². The number of phenolic OH excluding ortho intramolecular Hbond substituents is 1. The Kier molecular flexibility index (Phi) is 3.70. The van der Waals surface area contributed by atoms with Gasteiger partial charge < -0.3 is 24.8 Å². The van der Waals surface area contributed by atoms with Gasteiger partial charge in [0, 0.05) is 11.6 Å². The van der Waals surface area contributed by atoms with Gasteiger partial charge in [-0.15, -0.1) is 0 Å². The summed E-state index contributed by atoms with van der Waals surface area (Å²) in [6, 6.07) is 11.3. The van der Waals surface area contributed by atoms with Crippen molar-refractivity contribution in [1.82, 2.24) is 0 Å². The molecule has 0 radical (unpaired) electrons. The van der Waals surface area contributed by atoms with Crippen LogP contribution in [-0.2, 0) is 9.53 Å². The van der Waals surface area contributed by atoms with Crippen molar-refractivity contribution >= 4 is 5.97 Å². The summed E-state index contributed by atoms with van der Waals surface area (Å²) in [7, 11) is 0. The van der Waals surface area contributed by atoms with Gasteiger partial charge in [0.1, 0.15) is 17.2 Å². The van der Waals surface area contributed by atoms with Gasteiger partial charge >= 0.3 is 5.97 Å². The van der Waals surface area contributed by atoms with Gasteiger partial charge in [-0.2, -0.15) is 0 Å². The Balaban J connectivity index is 1.85. The van der Waals surface area contributed by atoms with Crippen LogP contribution in [0.5, 0.6) is 17.2 Å². The third kappa shape index (κ3) is 2.88. The van der Waals surface area contributed by atoms with Crippen LogP contribution in [0.1, 0.15) is 29.9 Å². The summed E-state index contributed by atoms with van der Waals surface area (Å²) >= 11 is 0. The van der Waals surface area contributed by atoms with E-state index in [1.807, 2.05) is 0 Å². The van der Waals surface area contributed by atoms with E-state index in [0.717, 1.165) is 0 Å². The molecule has 1 aliphatic rings. The van der Waals surface area contributed by atoms with Gasteiger partial charge in [-0.05, 0) is 29.8 Å². The van der Waals surface area contributed by atoms with Crippen LogP contribution >= 0.6 is 0 Å². The summed E-state index contributed by atoms with van der Waals surface area (Å²) in [5.74, 6) is 0.00658. The maximum Gasteiger partial charge on any atom is 0.306 e. The summed E-state index contributed by atoms with van der Waals surface area (Å²) < 4.78 is 10.9. The Labute approximate surface area is 126 Å². The number of carbonyl (C=O) groups is 1. The summed E-state index contributed by atoms with van der Waals surface area (Å²) in [5.41, 5.74) is 1.13. The molecule has 0 aromatic heterocycles. The molecule has 6 heteroatoms. The molecular formula is C16H14O6. The van der Waals surface area contributed by atoms with Crippen molar-refractivity contribution < 1.29 is 29.6 Å². The predicted octanol–water partition coefficient (Wildman–Crippen LogP) is 2.72. The first-order chi connectivity index (χ1) is 10.5. The molecule has 22 heavy (non-hydrogen) atoms. The fourth-order valence-electron chi connectivity index (χ4n) is 2.43. The quantitative estimate of drug-likeness (QED) is 0.803. The molecular weight excluding hydrogens is 288 g/mol. The van der Waals surface area contributed by atoms with Crippen molar-refractivity contribution in [2.45, 2.75) is 18.8 Å². The molecule has 0 fully saturated rings. The van der Waals surface area contributed by atoms with Crippen LogP contribution < -0.4 is 4.74 Å². The molecule has 1 aliphatic heterocycles. The highest BCUT2D eigenvalue weighted by atomic mass is 16.6. The fourth-order valence-corrected chi connectivity index (χ4v) is 2.43. The van der Waals surface area contributed by atoms with Gasteiger partial charge in [0.25, 0.3) is 0 Å². The van der Waals surface area contributed by atoms with Gasteiger partial charge in [0.2, 0.25) is 0 Å². The lowest BCUT2D eigenvalue weighted by molar-refractivity contribution is -0.150. The Bertz CT molecular complexity index is 712. The van der Waals surface area contributed by atoms with Crippen LogP contribution in [0, 0.1) is 0 Å². The van der Waals surface area contributed by atoms with Gasteiger partial charge in [-0.1, -0.05) is 12.1 Å². The minimum absolute atomic E-state index is 0.0866. The monoisotopic (exact) mass is 302 g/mol. The van der Waals surface area contributed by atoms with Crippen LogP contribution in [0.25, 0.3) is 0 Å². The molecule has 1 heterocycles. The molecule has 0 bridgehead atoms. The Morgan fingerprint density at radius 2 is 1.91 bits per heavy atom. The van der Waals surface area contributed by atoms with E-state index < -0.39 is 18.4 Å². The summed E-state index contributed by atoms with van der Waals surface area (Å²) in [5, 5.41) is 28.2. The molecule has 6 nitrogen and oxygen atoms in total. The molecule has 2 aromatic rings. The second-order valence-electron chi connectivity index (χ2n) is 4.97. The van der Waals surface area contributed by atoms with E-state index in [9.17, 15) is 15.0 Å². The minimum atomic E-state index is -1.17. The molecule has 0 spiro atoms. The molecule has 0 saturated carbocycles. The second-order valence-corrected chi connectivity index (χ2v) is 4.97. The van der Waals surface area contributed by atoms with Gasteiger partial charge in [-0.25, -0.2) is 0 Å². The van der Waals surface area contributed by atoms with E-state index in [1.165, 1.54) is 12.1 Å². The van der Waals surface area contributed by atoms with Crippen molar-refractivity contribution in [3.63, 3.8) is 0 Å². The molecule has 0 saturated heterocycles. The summed E-state index contributed by atoms with van der Waals surface area (Å²) in [6.45, 7) is 0. The maximum atomic E-state index is 10.8. The lowest BCUT2D eigenvalue weighted by Gasteiger charge is -2.09. The van der Waals surface area contributed by atoms with Gasteiger partial charge in [0.15, 0.2) is 6.29 Å². The molecule has 2 aromatic carbocycles. The normalized spacial score (nSPS) is 19.7. The van der Waals surface area contributed by atoms with Crippen molar-refractivity contribution in [3.05, 3.63) is 53.6 Å². The smallest absolute Gasteiger partial charge is 0.306 e. The predicted molar refractivity (Wildman–Crippen MR) is 75.7 cm³/mol. The number of carboxylic acid groups (broad SMARTS) is 1. The zero-order valence-corrected chi connectivity index (χ0v) is 11.5. The Morgan fingerprint density at radius 1 is 1.14 bits per heavy atom. The molecule has 0 amide bonds. The zero-order chi connectivity index (χ0) is 15.7. The standard InChI is InChI=1S/C16H14O6/c17-9-2-1-3-10(6-9)21-11-4-5-12-13(7-11)16(20)22-14(12)8-15(18)19/h1-7,14,16-17,20H,8H2,(H,18,19). The minimum Gasteiger partial charge on any atom is -0.508 e. The summed E-state index contributed by atoms with van der Waals surface area (Å²) in [4.78, 5) is 10.8. The van der Waals surface area contributed by atoms with Crippen LogP contribution in [0.2, 0.25) is 0 Å². The number of phenols is 1. The van der Waals surface area contributed by atoms with Crippen LogP contribution in [0.15, 0.2) is 42.5 Å². The van der Waals surface area contributed by atoms with E-state index in [-0.39, 0.29) is 12.2 Å². The van der Waals surface area contributed by atoms with E-state index >= 15 is 0 Å². The zero-order valence-electron chi connectivity index (χ0n) is 11.5. The largest absolute Gasteiger partial charge is 0.508 e. The van der Waals surface area contributed by atoms with Crippen molar-refractivity contribution in [3.8, 4) is 17.2 Å². The number of hydrogen-bond donors (Lipinski definition) is 3. The number of fused-ring (bicyclic) bond motifs is 1. The van der Waals surface area contributed by atoms with Crippen LogP contribution in [-0.4, -0.2) is 21.3 Å². The number of hydrogen-bond acceptors (Lipinski definition) is 5. The SMILES string of the molecule is O=C(O)CC1OC(O)c2cc(Oc3cccc(O)c3)ccc21. The average Bonchev–Trinajstić information content (AvgIpc) is 2.74. The van der Waals surface area contributed by atoms with Crippen molar-refractivity contribution in [2.75, 3.05) is 0 Å². The number of aromatic hydroxyl groups is 1. The number of aliphatic carboxylic acids is 1. The van der Waals surface area contributed by atoms with E-state index in [2.05, 4.69) is 0 Å². The molecule has 2 unspecified atom stereocenters. The summed E-state index contributed by atoms with van der Waals surface area (Å²) in [6.07, 6.45) is -2.05. The molecule has 114 valence electrons. The second kappa shape index (κ2) is 5.67. The molecule has 3 rings (SSSR count). The fraction of sp³-hybridized carbons (Fsp3) is 0.188. The van der Waals surface area contributed by atoms with Crippen LogP contribution in [0.4, 0.5) is 0 Å². The number of benzene rings is 2. The molecule has 0 aliphatic carbocycles. The van der Waals surface area contributed by atoms with Crippen molar-refractivity contribution in [2.24, 2.45) is 0 Å². The van der Waals surface area contributed by atoms with E-state index in [0.29, 0.717) is 22.6 Å². The lowest BCUT2D eigenvalue weighted by Crippen LogP contribution is -2.05. The molecule has 2 atom stereocenters. The highest BCUT2D eigenvalue weighted by Gasteiger charge is 2.32. The number of ether oxygens (including phenoxy) is 2. The van der Waals surface area contributed by atoms with E-state index in [1.54, 1.807) is 30.3 Å². The number of rotatable bonds is 4. The van der Waals surface area contributed by atoms with Gasteiger partial charge in [-0.3, -0.25) is 4.79 Å². The first-order valence-electron chi connectivity index (χ1n) is 6.69. The lowest BCUT2D eigenvalue weighted by atomic mass is 10.0. The Hall–Kier alpha value is -2.57. The van der Waals surface area contributed by atoms with Crippen LogP contribution in [0.3, 0.4) is 0 Å². The average molecular weight is 302 g/mol. The number of aliphatic hydroxyl groups is 1. The number of carboxylic acids is 1. The number of aliphatic hydroxyl groups excluding tert-OH is 1. The first kappa shape index (κ1) is 14.4. The third-order valence-electron chi connectivity index (χ3n) is 3.38. The van der Waals surface area contributed by atoms with Gasteiger partial charge in [0.05, 0.1) is 12.5 Å². The van der Waals surface area contributed by atoms with E-state index in [4.69, 9.17) is 14.6 Å². The molecule has 3 N–H and O–H groups in total. The Morgan fingerprint density at radius 3 is 2.64 bits per heavy atom. The first-order valence-corrected chi connectivity index (χ1v) is 6.69. The third-order valence-corrected chi connectivity index (χ3v) is 3.38. The highest BCUT2D eigenvalue weighted by Crippen LogP contribution is 2.41. The highest BCUT2D eigenvalue weighted by molar-refractivity contribution is 5.68. The maximum absolute atomic E-state index is 10.8.